The summed E-state index contributed by atoms with van der Waals surface area (Å²) in [6.07, 6.45) is 1.59. The molecule has 1 aliphatic rings. The molecule has 1 aliphatic carbocycles. The maximum absolute atomic E-state index is 12.1. The van der Waals surface area contributed by atoms with Crippen LogP contribution in [0, 0.1) is 17.3 Å². The highest BCUT2D eigenvalue weighted by atomic mass is 16.4. The topological polar surface area (TPSA) is 92.4 Å². The van der Waals surface area contributed by atoms with Crippen molar-refractivity contribution in [1.29, 1.82) is 0 Å². The molecule has 5 heteroatoms. The van der Waals surface area contributed by atoms with Gasteiger partial charge in [-0.15, -0.1) is 0 Å². The minimum absolute atomic E-state index is 0.0338. The third-order valence-electron chi connectivity index (χ3n) is 4.46. The Hall–Kier alpha value is -1.10. The van der Waals surface area contributed by atoms with Gasteiger partial charge in [-0.3, -0.25) is 9.59 Å². The fourth-order valence-electron chi connectivity index (χ4n) is 2.74. The van der Waals surface area contributed by atoms with Crippen LogP contribution in [0.2, 0.25) is 0 Å². The summed E-state index contributed by atoms with van der Waals surface area (Å²) in [5, 5.41) is 11.3. The van der Waals surface area contributed by atoms with Crippen molar-refractivity contribution in [2.75, 3.05) is 6.54 Å². The molecular formula is C13H24N2O3. The van der Waals surface area contributed by atoms with Gasteiger partial charge in [-0.05, 0) is 24.2 Å². The predicted octanol–water partition coefficient (Wildman–Crippen LogP) is 0.977. The van der Waals surface area contributed by atoms with Crippen molar-refractivity contribution < 1.29 is 14.7 Å². The van der Waals surface area contributed by atoms with Crippen molar-refractivity contribution in [3.8, 4) is 0 Å². The van der Waals surface area contributed by atoms with Crippen LogP contribution in [-0.4, -0.2) is 29.6 Å². The van der Waals surface area contributed by atoms with Gasteiger partial charge < -0.3 is 16.2 Å². The zero-order chi connectivity index (χ0) is 13.9. The number of nitrogens with two attached hydrogens (primary N) is 1. The first-order valence-corrected chi connectivity index (χ1v) is 6.52. The second-order valence-corrected chi connectivity index (χ2v) is 5.84. The molecule has 4 N–H and O–H groups in total. The average Bonchev–Trinajstić information content (AvgIpc) is 2.25. The highest BCUT2D eigenvalue weighted by Gasteiger charge is 2.44. The van der Waals surface area contributed by atoms with E-state index in [-0.39, 0.29) is 42.2 Å². The van der Waals surface area contributed by atoms with Gasteiger partial charge >= 0.3 is 5.97 Å². The molecule has 104 valence electrons. The molecule has 1 rings (SSSR count). The van der Waals surface area contributed by atoms with Gasteiger partial charge in [-0.2, -0.15) is 0 Å². The molecule has 5 nitrogen and oxygen atoms in total. The molecule has 0 aromatic carbocycles. The summed E-state index contributed by atoms with van der Waals surface area (Å²) >= 11 is 0. The van der Waals surface area contributed by atoms with Crippen LogP contribution in [0.25, 0.3) is 0 Å². The van der Waals surface area contributed by atoms with Gasteiger partial charge in [-0.25, -0.2) is 0 Å². The van der Waals surface area contributed by atoms with Crippen molar-refractivity contribution >= 4 is 11.9 Å². The van der Waals surface area contributed by atoms with Crippen LogP contribution in [0.4, 0.5) is 0 Å². The number of carboxylic acid groups (broad SMARTS) is 1. The van der Waals surface area contributed by atoms with Crippen molar-refractivity contribution in [2.45, 2.75) is 46.1 Å². The fourth-order valence-corrected chi connectivity index (χ4v) is 2.74. The number of hydrogen-bond donors (Lipinski definition) is 3. The first-order valence-electron chi connectivity index (χ1n) is 6.52. The number of carbonyl (C=O) groups excluding carboxylic acids is 1. The summed E-state index contributed by atoms with van der Waals surface area (Å²) in [6.45, 7) is 6.42. The monoisotopic (exact) mass is 256 g/mol. The predicted molar refractivity (Wildman–Crippen MR) is 68.9 cm³/mol. The number of aliphatic carboxylic acids is 1. The van der Waals surface area contributed by atoms with Gasteiger partial charge in [0, 0.05) is 18.5 Å². The lowest BCUT2D eigenvalue weighted by atomic mass is 9.61. The Kier molecular flexibility index (Phi) is 4.73. The molecule has 0 saturated heterocycles. The highest BCUT2D eigenvalue weighted by molar-refractivity contribution is 5.80. The maximum Gasteiger partial charge on any atom is 0.305 e. The molecule has 0 aromatic heterocycles. The number of hydrogen-bond acceptors (Lipinski definition) is 3. The summed E-state index contributed by atoms with van der Waals surface area (Å²) in [6, 6.07) is 0.142. The van der Waals surface area contributed by atoms with Crippen LogP contribution in [0.1, 0.15) is 40.0 Å². The Labute approximate surface area is 108 Å². The van der Waals surface area contributed by atoms with E-state index in [1.54, 1.807) is 0 Å². The third-order valence-corrected chi connectivity index (χ3v) is 4.46. The Morgan fingerprint density at radius 3 is 2.56 bits per heavy atom. The second kappa shape index (κ2) is 5.69. The standard InChI is InChI=1S/C13H24N2O3/c1-8-10(14)5-4-9(13(8,2)3)12(18)15-7-6-11(16)17/h8-10H,4-7,14H2,1-3H3,(H,15,18)(H,16,17). The summed E-state index contributed by atoms with van der Waals surface area (Å²) in [5.41, 5.74) is 5.90. The van der Waals surface area contributed by atoms with Crippen LogP contribution >= 0.6 is 0 Å². The van der Waals surface area contributed by atoms with E-state index in [0.717, 1.165) is 12.8 Å². The van der Waals surface area contributed by atoms with Crippen LogP contribution in [0.3, 0.4) is 0 Å². The number of carboxylic acids is 1. The van der Waals surface area contributed by atoms with Crippen molar-refractivity contribution in [3.05, 3.63) is 0 Å². The second-order valence-electron chi connectivity index (χ2n) is 5.84. The molecule has 0 aliphatic heterocycles. The zero-order valence-electron chi connectivity index (χ0n) is 11.4. The van der Waals surface area contributed by atoms with E-state index in [0.29, 0.717) is 0 Å². The molecule has 1 amide bonds. The Morgan fingerprint density at radius 1 is 1.39 bits per heavy atom. The largest absolute Gasteiger partial charge is 0.481 e. The van der Waals surface area contributed by atoms with Gasteiger partial charge in [-0.1, -0.05) is 20.8 Å². The summed E-state index contributed by atoms with van der Waals surface area (Å²) in [5.74, 6) is -0.740. The number of amides is 1. The molecule has 18 heavy (non-hydrogen) atoms. The summed E-state index contributed by atoms with van der Waals surface area (Å²) in [7, 11) is 0. The van der Waals surface area contributed by atoms with Gasteiger partial charge in [0.05, 0.1) is 6.42 Å². The molecule has 3 atom stereocenters. The van der Waals surface area contributed by atoms with Gasteiger partial charge in [0.15, 0.2) is 0 Å². The zero-order valence-corrected chi connectivity index (χ0v) is 11.4. The summed E-state index contributed by atoms with van der Waals surface area (Å²) < 4.78 is 0. The first kappa shape index (κ1) is 15.0. The number of nitrogens with one attached hydrogen (secondary N) is 1. The Bertz CT molecular complexity index is 328. The van der Waals surface area contributed by atoms with Gasteiger partial charge in [0.25, 0.3) is 0 Å². The van der Waals surface area contributed by atoms with Crippen LogP contribution in [0.5, 0.6) is 0 Å². The third kappa shape index (κ3) is 3.22. The Morgan fingerprint density at radius 2 is 2.00 bits per heavy atom. The van der Waals surface area contributed by atoms with E-state index in [9.17, 15) is 9.59 Å². The first-order chi connectivity index (χ1) is 8.26. The molecule has 0 bridgehead atoms. The fraction of sp³-hybridized carbons (Fsp3) is 0.846. The molecule has 0 aromatic rings. The smallest absolute Gasteiger partial charge is 0.305 e. The van der Waals surface area contributed by atoms with Crippen molar-refractivity contribution in [1.82, 2.24) is 5.32 Å². The average molecular weight is 256 g/mol. The van der Waals surface area contributed by atoms with E-state index in [1.807, 2.05) is 0 Å². The van der Waals surface area contributed by atoms with Gasteiger partial charge in [0.1, 0.15) is 0 Å². The van der Waals surface area contributed by atoms with E-state index in [4.69, 9.17) is 10.8 Å². The number of carbonyl (C=O) groups is 2. The van der Waals surface area contributed by atoms with Crippen LogP contribution in [-0.2, 0) is 9.59 Å². The molecule has 0 spiro atoms. The molecule has 0 radical (unpaired) electrons. The lowest BCUT2D eigenvalue weighted by Crippen LogP contribution is -2.51. The molecule has 0 heterocycles. The molecular weight excluding hydrogens is 232 g/mol. The van der Waals surface area contributed by atoms with Crippen molar-refractivity contribution in [3.63, 3.8) is 0 Å². The minimum Gasteiger partial charge on any atom is -0.481 e. The minimum atomic E-state index is -0.895. The molecule has 1 fully saturated rings. The van der Waals surface area contributed by atoms with Crippen LogP contribution < -0.4 is 11.1 Å². The Balaban J connectivity index is 2.59. The maximum atomic E-state index is 12.1. The SMILES string of the molecule is CC1C(N)CCC(C(=O)NCCC(=O)O)C1(C)C. The molecule has 1 saturated carbocycles. The van der Waals surface area contributed by atoms with Crippen LogP contribution in [0.15, 0.2) is 0 Å². The quantitative estimate of drug-likeness (QED) is 0.699. The van der Waals surface area contributed by atoms with E-state index < -0.39 is 5.97 Å². The number of rotatable bonds is 4. The van der Waals surface area contributed by atoms with Gasteiger partial charge in [0.2, 0.25) is 5.91 Å². The van der Waals surface area contributed by atoms with E-state index in [1.165, 1.54) is 0 Å². The van der Waals surface area contributed by atoms with E-state index >= 15 is 0 Å². The lowest BCUT2D eigenvalue weighted by molar-refractivity contribution is -0.137. The van der Waals surface area contributed by atoms with E-state index in [2.05, 4.69) is 26.1 Å². The highest BCUT2D eigenvalue weighted by Crippen LogP contribution is 2.44. The molecule has 3 unspecified atom stereocenters. The normalized spacial score (nSPS) is 30.8. The van der Waals surface area contributed by atoms with Crippen molar-refractivity contribution in [2.24, 2.45) is 23.0 Å². The summed E-state index contributed by atoms with van der Waals surface area (Å²) in [4.78, 5) is 22.5. The lowest BCUT2D eigenvalue weighted by Gasteiger charge is -2.46.